The molecule has 0 amide bonds. The molecule has 0 saturated heterocycles. The van der Waals surface area contributed by atoms with Crippen molar-refractivity contribution >= 4 is 11.8 Å². The van der Waals surface area contributed by atoms with E-state index in [1.165, 1.54) is 10.5 Å². The van der Waals surface area contributed by atoms with Crippen LogP contribution in [-0.2, 0) is 0 Å². The summed E-state index contributed by atoms with van der Waals surface area (Å²) in [6, 6.07) is 6.48. The lowest BCUT2D eigenvalue weighted by Gasteiger charge is -2.12. The number of hydrogen-bond donors (Lipinski definition) is 0. The Hall–Kier alpha value is -0.630. The van der Waals surface area contributed by atoms with Crippen LogP contribution in [0, 0.1) is 0 Å². The topological polar surface area (TPSA) is 9.23 Å². The first-order valence-corrected chi connectivity index (χ1v) is 6.22. The molecule has 78 valence electrons. The van der Waals surface area contributed by atoms with Crippen molar-refractivity contribution in [3.05, 3.63) is 23.8 Å². The molecule has 1 rings (SSSR count). The summed E-state index contributed by atoms with van der Waals surface area (Å²) >= 11 is 1.73. The van der Waals surface area contributed by atoms with Crippen LogP contribution in [-0.4, -0.2) is 12.9 Å². The molecule has 0 saturated carbocycles. The van der Waals surface area contributed by atoms with Gasteiger partial charge in [-0.2, -0.15) is 0 Å². The molecule has 1 aromatic carbocycles. The summed E-state index contributed by atoms with van der Waals surface area (Å²) in [7, 11) is 0. The van der Waals surface area contributed by atoms with Gasteiger partial charge in [-0.05, 0) is 36.8 Å². The second kappa shape index (κ2) is 5.30. The molecule has 0 aliphatic heterocycles. The van der Waals surface area contributed by atoms with Gasteiger partial charge in [0, 0.05) is 4.90 Å². The van der Waals surface area contributed by atoms with E-state index in [0.717, 1.165) is 12.4 Å². The molecule has 0 bridgehead atoms. The fourth-order valence-corrected chi connectivity index (χ4v) is 1.84. The third-order valence-electron chi connectivity index (χ3n) is 2.15. The quantitative estimate of drug-likeness (QED) is 0.696. The summed E-state index contributed by atoms with van der Waals surface area (Å²) in [5, 5.41) is 0. The molecule has 0 aliphatic carbocycles. The standard InChI is InChI=1S/C12H18OS/c1-5-13-11-8-10(9(2)3)6-7-12(11)14-4/h6-9H,5H2,1-4H3. The largest absolute Gasteiger partial charge is 0.493 e. The summed E-state index contributed by atoms with van der Waals surface area (Å²) in [5.74, 6) is 1.58. The second-order valence-corrected chi connectivity index (χ2v) is 4.35. The van der Waals surface area contributed by atoms with Crippen molar-refractivity contribution in [1.29, 1.82) is 0 Å². The summed E-state index contributed by atoms with van der Waals surface area (Å²) in [6.45, 7) is 7.15. The second-order valence-electron chi connectivity index (χ2n) is 3.50. The molecule has 0 aliphatic rings. The van der Waals surface area contributed by atoms with Crippen LogP contribution >= 0.6 is 11.8 Å². The highest BCUT2D eigenvalue weighted by Crippen LogP contribution is 2.30. The molecular weight excluding hydrogens is 192 g/mol. The van der Waals surface area contributed by atoms with Gasteiger partial charge < -0.3 is 4.74 Å². The molecular formula is C12H18OS. The minimum Gasteiger partial charge on any atom is -0.493 e. The third-order valence-corrected chi connectivity index (χ3v) is 2.93. The molecule has 0 atom stereocenters. The molecule has 1 nitrogen and oxygen atoms in total. The van der Waals surface area contributed by atoms with Crippen LogP contribution in [0.3, 0.4) is 0 Å². The van der Waals surface area contributed by atoms with Gasteiger partial charge in [0.25, 0.3) is 0 Å². The highest BCUT2D eigenvalue weighted by atomic mass is 32.2. The van der Waals surface area contributed by atoms with E-state index in [0.29, 0.717) is 5.92 Å². The Morgan fingerprint density at radius 3 is 2.57 bits per heavy atom. The fraction of sp³-hybridized carbons (Fsp3) is 0.500. The van der Waals surface area contributed by atoms with Gasteiger partial charge in [0.2, 0.25) is 0 Å². The van der Waals surface area contributed by atoms with Crippen molar-refractivity contribution in [2.75, 3.05) is 12.9 Å². The van der Waals surface area contributed by atoms with E-state index >= 15 is 0 Å². The Morgan fingerprint density at radius 2 is 2.07 bits per heavy atom. The van der Waals surface area contributed by atoms with E-state index in [1.54, 1.807) is 11.8 Å². The van der Waals surface area contributed by atoms with E-state index < -0.39 is 0 Å². The van der Waals surface area contributed by atoms with Gasteiger partial charge in [0.15, 0.2) is 0 Å². The molecule has 0 unspecified atom stereocenters. The van der Waals surface area contributed by atoms with Crippen molar-refractivity contribution in [2.45, 2.75) is 31.6 Å². The average Bonchev–Trinajstić information content (AvgIpc) is 2.18. The van der Waals surface area contributed by atoms with Crippen molar-refractivity contribution < 1.29 is 4.74 Å². The van der Waals surface area contributed by atoms with Crippen molar-refractivity contribution in [1.82, 2.24) is 0 Å². The smallest absolute Gasteiger partial charge is 0.133 e. The van der Waals surface area contributed by atoms with Crippen molar-refractivity contribution in [2.24, 2.45) is 0 Å². The maximum absolute atomic E-state index is 5.60. The molecule has 0 aromatic heterocycles. The molecule has 2 heteroatoms. The lowest BCUT2D eigenvalue weighted by atomic mass is 10.0. The molecule has 0 spiro atoms. The van der Waals surface area contributed by atoms with Crippen LogP contribution in [0.2, 0.25) is 0 Å². The van der Waals surface area contributed by atoms with Gasteiger partial charge in [-0.25, -0.2) is 0 Å². The molecule has 0 heterocycles. The molecule has 1 aromatic rings. The van der Waals surface area contributed by atoms with Crippen LogP contribution in [0.25, 0.3) is 0 Å². The van der Waals surface area contributed by atoms with Gasteiger partial charge in [-0.15, -0.1) is 11.8 Å². The first kappa shape index (κ1) is 11.4. The first-order valence-electron chi connectivity index (χ1n) is 4.99. The Morgan fingerprint density at radius 1 is 1.36 bits per heavy atom. The van der Waals surface area contributed by atoms with Gasteiger partial charge in [-0.3, -0.25) is 0 Å². The lowest BCUT2D eigenvalue weighted by molar-refractivity contribution is 0.332. The van der Waals surface area contributed by atoms with Gasteiger partial charge in [0.05, 0.1) is 6.61 Å². The summed E-state index contributed by atoms with van der Waals surface area (Å²) in [5.41, 5.74) is 1.34. The predicted octanol–water partition coefficient (Wildman–Crippen LogP) is 3.93. The fourth-order valence-electron chi connectivity index (χ4n) is 1.32. The Kier molecular flexibility index (Phi) is 4.33. The maximum Gasteiger partial charge on any atom is 0.133 e. The van der Waals surface area contributed by atoms with E-state index in [-0.39, 0.29) is 0 Å². The monoisotopic (exact) mass is 210 g/mol. The number of thioether (sulfide) groups is 1. The minimum absolute atomic E-state index is 0.560. The van der Waals surface area contributed by atoms with E-state index in [4.69, 9.17) is 4.74 Å². The number of benzene rings is 1. The zero-order valence-corrected chi connectivity index (χ0v) is 10.1. The highest BCUT2D eigenvalue weighted by molar-refractivity contribution is 7.98. The van der Waals surface area contributed by atoms with Gasteiger partial charge in [0.1, 0.15) is 5.75 Å². The SMILES string of the molecule is CCOc1cc(C(C)C)ccc1SC. The minimum atomic E-state index is 0.560. The number of rotatable bonds is 4. The van der Waals surface area contributed by atoms with Crippen molar-refractivity contribution in [3.8, 4) is 5.75 Å². The first-order chi connectivity index (χ1) is 6.69. The molecule has 0 fully saturated rings. The number of ether oxygens (including phenoxy) is 1. The predicted molar refractivity (Wildman–Crippen MR) is 63.5 cm³/mol. The Bertz CT molecular complexity index is 294. The average molecular weight is 210 g/mol. The summed E-state index contributed by atoms with van der Waals surface area (Å²) in [4.78, 5) is 1.22. The van der Waals surface area contributed by atoms with Crippen LogP contribution < -0.4 is 4.74 Å². The van der Waals surface area contributed by atoms with Gasteiger partial charge >= 0.3 is 0 Å². The van der Waals surface area contributed by atoms with E-state index in [1.807, 2.05) is 6.92 Å². The Balaban J connectivity index is 3.01. The molecule has 14 heavy (non-hydrogen) atoms. The van der Waals surface area contributed by atoms with E-state index in [2.05, 4.69) is 38.3 Å². The Labute approximate surface area is 90.9 Å². The maximum atomic E-state index is 5.60. The van der Waals surface area contributed by atoms with Crippen LogP contribution in [0.5, 0.6) is 5.75 Å². The molecule has 0 N–H and O–H groups in total. The van der Waals surface area contributed by atoms with Crippen LogP contribution in [0.15, 0.2) is 23.1 Å². The summed E-state index contributed by atoms with van der Waals surface area (Å²) in [6.07, 6.45) is 2.08. The normalized spacial score (nSPS) is 10.6. The molecule has 0 radical (unpaired) electrons. The highest BCUT2D eigenvalue weighted by Gasteiger charge is 2.05. The van der Waals surface area contributed by atoms with Crippen LogP contribution in [0.4, 0.5) is 0 Å². The third kappa shape index (κ3) is 2.68. The summed E-state index contributed by atoms with van der Waals surface area (Å²) < 4.78 is 5.60. The van der Waals surface area contributed by atoms with Gasteiger partial charge in [-0.1, -0.05) is 19.9 Å². The van der Waals surface area contributed by atoms with E-state index in [9.17, 15) is 0 Å². The van der Waals surface area contributed by atoms with Crippen molar-refractivity contribution in [3.63, 3.8) is 0 Å². The lowest BCUT2D eigenvalue weighted by Crippen LogP contribution is -1.95. The van der Waals surface area contributed by atoms with Crippen LogP contribution in [0.1, 0.15) is 32.3 Å². The zero-order valence-electron chi connectivity index (χ0n) is 9.33. The zero-order chi connectivity index (χ0) is 10.6. The number of hydrogen-bond acceptors (Lipinski definition) is 2.